The number of rotatable bonds is 4. The van der Waals surface area contributed by atoms with E-state index in [1.54, 1.807) is 0 Å². The molecule has 0 fully saturated rings. The number of aromatic nitrogens is 2. The molecule has 110 valence electrons. The van der Waals surface area contributed by atoms with Crippen LogP contribution in [-0.4, -0.2) is 23.6 Å². The SMILES string of the molecule is CCCc1nc(NC)c(C)c(N2CCc3ccccc32)n1. The molecule has 1 aromatic carbocycles. The van der Waals surface area contributed by atoms with Gasteiger partial charge in [-0.25, -0.2) is 9.97 Å². The normalized spacial score (nSPS) is 13.4. The van der Waals surface area contributed by atoms with Gasteiger partial charge in [-0.2, -0.15) is 0 Å². The number of fused-ring (bicyclic) bond motifs is 1. The van der Waals surface area contributed by atoms with Gasteiger partial charge in [0.2, 0.25) is 0 Å². The van der Waals surface area contributed by atoms with Gasteiger partial charge in [0.25, 0.3) is 0 Å². The number of para-hydroxylation sites is 1. The first-order valence-corrected chi connectivity index (χ1v) is 7.65. The molecule has 0 saturated heterocycles. The Morgan fingerprint density at radius 2 is 2.05 bits per heavy atom. The molecule has 3 rings (SSSR count). The second-order valence-electron chi connectivity index (χ2n) is 5.47. The molecule has 4 nitrogen and oxygen atoms in total. The quantitative estimate of drug-likeness (QED) is 0.932. The van der Waals surface area contributed by atoms with Crippen molar-refractivity contribution in [3.05, 3.63) is 41.2 Å². The number of benzene rings is 1. The predicted octanol–water partition coefficient (Wildman–Crippen LogP) is 3.47. The van der Waals surface area contributed by atoms with E-state index < -0.39 is 0 Å². The third kappa shape index (κ3) is 2.46. The zero-order chi connectivity index (χ0) is 14.8. The summed E-state index contributed by atoms with van der Waals surface area (Å²) in [6, 6.07) is 8.59. The molecule has 0 aliphatic carbocycles. The number of aryl methyl sites for hydroxylation is 1. The lowest BCUT2D eigenvalue weighted by atomic mass is 10.2. The van der Waals surface area contributed by atoms with Crippen molar-refractivity contribution >= 4 is 17.3 Å². The summed E-state index contributed by atoms with van der Waals surface area (Å²) in [7, 11) is 1.92. The van der Waals surface area contributed by atoms with Gasteiger partial charge in [-0.3, -0.25) is 0 Å². The van der Waals surface area contributed by atoms with Gasteiger partial charge >= 0.3 is 0 Å². The van der Waals surface area contributed by atoms with Crippen molar-refractivity contribution in [3.63, 3.8) is 0 Å². The Bertz CT molecular complexity index is 651. The average molecular weight is 282 g/mol. The summed E-state index contributed by atoms with van der Waals surface area (Å²) >= 11 is 0. The molecule has 0 unspecified atom stereocenters. The van der Waals surface area contributed by atoms with Crippen molar-refractivity contribution in [2.24, 2.45) is 0 Å². The van der Waals surface area contributed by atoms with E-state index in [1.807, 2.05) is 7.05 Å². The number of hydrogen-bond acceptors (Lipinski definition) is 4. The van der Waals surface area contributed by atoms with Gasteiger partial charge in [-0.1, -0.05) is 25.1 Å². The van der Waals surface area contributed by atoms with E-state index in [0.717, 1.165) is 48.8 Å². The molecule has 2 heterocycles. The predicted molar refractivity (Wildman–Crippen MR) is 87.5 cm³/mol. The Labute approximate surface area is 126 Å². The standard InChI is InChI=1S/C17H22N4/c1-4-7-15-19-16(18-3)12(2)17(20-15)21-11-10-13-8-5-6-9-14(13)21/h5-6,8-9H,4,7,10-11H2,1-3H3,(H,18,19,20). The second-order valence-corrected chi connectivity index (χ2v) is 5.47. The summed E-state index contributed by atoms with van der Waals surface area (Å²) in [6.45, 7) is 5.25. The summed E-state index contributed by atoms with van der Waals surface area (Å²) in [6.07, 6.45) is 3.05. The fourth-order valence-electron chi connectivity index (χ4n) is 2.95. The van der Waals surface area contributed by atoms with Crippen LogP contribution < -0.4 is 10.2 Å². The third-order valence-electron chi connectivity index (χ3n) is 4.02. The molecule has 21 heavy (non-hydrogen) atoms. The molecule has 0 saturated carbocycles. The highest BCUT2D eigenvalue weighted by atomic mass is 15.2. The molecule has 0 radical (unpaired) electrons. The van der Waals surface area contributed by atoms with Crippen molar-refractivity contribution in [2.75, 3.05) is 23.8 Å². The molecule has 1 aliphatic heterocycles. The Balaban J connectivity index is 2.08. The lowest BCUT2D eigenvalue weighted by molar-refractivity contribution is 0.823. The van der Waals surface area contributed by atoms with Gasteiger partial charge < -0.3 is 10.2 Å². The molecule has 0 amide bonds. The Kier molecular flexibility index (Phi) is 3.78. The molecular formula is C17H22N4. The first-order chi connectivity index (χ1) is 10.2. The van der Waals surface area contributed by atoms with E-state index in [-0.39, 0.29) is 0 Å². The maximum Gasteiger partial charge on any atom is 0.141 e. The maximum atomic E-state index is 4.83. The van der Waals surface area contributed by atoms with Crippen molar-refractivity contribution in [2.45, 2.75) is 33.1 Å². The summed E-state index contributed by atoms with van der Waals surface area (Å²) in [4.78, 5) is 11.8. The molecule has 0 bridgehead atoms. The number of nitrogens with one attached hydrogen (secondary N) is 1. The van der Waals surface area contributed by atoms with Crippen LogP contribution in [0.1, 0.15) is 30.3 Å². The van der Waals surface area contributed by atoms with Gasteiger partial charge in [-0.05, 0) is 31.4 Å². The van der Waals surface area contributed by atoms with Gasteiger partial charge in [0.05, 0.1) is 0 Å². The van der Waals surface area contributed by atoms with Crippen LogP contribution in [0.15, 0.2) is 24.3 Å². The average Bonchev–Trinajstić information content (AvgIpc) is 2.93. The van der Waals surface area contributed by atoms with Crippen LogP contribution in [0.3, 0.4) is 0 Å². The Morgan fingerprint density at radius 3 is 2.81 bits per heavy atom. The van der Waals surface area contributed by atoms with Crippen LogP contribution >= 0.6 is 0 Å². The zero-order valence-corrected chi connectivity index (χ0v) is 13.0. The minimum Gasteiger partial charge on any atom is -0.373 e. The van der Waals surface area contributed by atoms with Gasteiger partial charge in [0.15, 0.2) is 0 Å². The smallest absolute Gasteiger partial charge is 0.141 e. The fourth-order valence-corrected chi connectivity index (χ4v) is 2.95. The van der Waals surface area contributed by atoms with Crippen LogP contribution in [0, 0.1) is 6.92 Å². The highest BCUT2D eigenvalue weighted by Crippen LogP contribution is 2.36. The lowest BCUT2D eigenvalue weighted by Gasteiger charge is -2.22. The molecular weight excluding hydrogens is 260 g/mol. The topological polar surface area (TPSA) is 41.1 Å². The van der Waals surface area contributed by atoms with Crippen LogP contribution in [0.4, 0.5) is 17.3 Å². The third-order valence-corrected chi connectivity index (χ3v) is 4.02. The number of anilines is 3. The summed E-state index contributed by atoms with van der Waals surface area (Å²) in [5.74, 6) is 2.91. The Hall–Kier alpha value is -2.10. The van der Waals surface area contributed by atoms with E-state index in [0.29, 0.717) is 0 Å². The van der Waals surface area contributed by atoms with E-state index in [9.17, 15) is 0 Å². The zero-order valence-electron chi connectivity index (χ0n) is 13.0. The minimum absolute atomic E-state index is 0.914. The van der Waals surface area contributed by atoms with Crippen molar-refractivity contribution in [3.8, 4) is 0 Å². The van der Waals surface area contributed by atoms with Crippen molar-refractivity contribution in [1.29, 1.82) is 0 Å². The molecule has 0 spiro atoms. The largest absolute Gasteiger partial charge is 0.373 e. The number of nitrogens with zero attached hydrogens (tertiary/aromatic N) is 3. The van der Waals surface area contributed by atoms with Crippen molar-refractivity contribution in [1.82, 2.24) is 9.97 Å². The molecule has 2 aromatic rings. The number of hydrogen-bond donors (Lipinski definition) is 1. The molecule has 1 aromatic heterocycles. The van der Waals surface area contributed by atoms with Crippen LogP contribution in [0.25, 0.3) is 0 Å². The van der Waals surface area contributed by atoms with E-state index in [4.69, 9.17) is 4.98 Å². The monoisotopic (exact) mass is 282 g/mol. The first-order valence-electron chi connectivity index (χ1n) is 7.65. The molecule has 0 atom stereocenters. The minimum atomic E-state index is 0.914. The van der Waals surface area contributed by atoms with Gasteiger partial charge in [0.1, 0.15) is 17.5 Å². The molecule has 1 aliphatic rings. The van der Waals surface area contributed by atoms with Crippen molar-refractivity contribution < 1.29 is 0 Å². The molecule has 1 N–H and O–H groups in total. The highest BCUT2D eigenvalue weighted by molar-refractivity contribution is 5.72. The van der Waals surface area contributed by atoms with Crippen LogP contribution in [-0.2, 0) is 12.8 Å². The first kappa shape index (κ1) is 13.9. The summed E-state index contributed by atoms with van der Waals surface area (Å²) < 4.78 is 0. The van der Waals surface area contributed by atoms with Gasteiger partial charge in [0, 0.05) is 31.3 Å². The van der Waals surface area contributed by atoms with E-state index in [2.05, 4.69) is 53.3 Å². The van der Waals surface area contributed by atoms with Crippen LogP contribution in [0.2, 0.25) is 0 Å². The lowest BCUT2D eigenvalue weighted by Crippen LogP contribution is -2.18. The van der Waals surface area contributed by atoms with Gasteiger partial charge in [-0.15, -0.1) is 0 Å². The highest BCUT2D eigenvalue weighted by Gasteiger charge is 2.24. The van der Waals surface area contributed by atoms with E-state index >= 15 is 0 Å². The van der Waals surface area contributed by atoms with E-state index in [1.165, 1.54) is 11.3 Å². The summed E-state index contributed by atoms with van der Waals surface area (Å²) in [5.41, 5.74) is 3.80. The van der Waals surface area contributed by atoms with Crippen LogP contribution in [0.5, 0.6) is 0 Å². The molecule has 4 heteroatoms. The maximum absolute atomic E-state index is 4.83. The Morgan fingerprint density at radius 1 is 1.24 bits per heavy atom. The second kappa shape index (κ2) is 5.72. The summed E-state index contributed by atoms with van der Waals surface area (Å²) in [5, 5.41) is 3.20. The fraction of sp³-hybridized carbons (Fsp3) is 0.412.